The number of methoxy groups -OCH3 is 1. The van der Waals surface area contributed by atoms with Gasteiger partial charge in [-0.2, -0.15) is 4.68 Å². The summed E-state index contributed by atoms with van der Waals surface area (Å²) in [6.45, 7) is -0.0199. The van der Waals surface area contributed by atoms with E-state index in [-0.39, 0.29) is 18.1 Å². The zero-order valence-corrected chi connectivity index (χ0v) is 13.6. The number of hydrogen-bond acceptors (Lipinski definition) is 5. The lowest BCUT2D eigenvalue weighted by molar-refractivity contribution is 0.251. The van der Waals surface area contributed by atoms with E-state index >= 15 is 0 Å². The average molecular weight is 360 g/mol. The SMILES string of the molecule is COc1ccc(NC(=O)NCc2nnnn2-c2ccc(F)c(F)c2)cc1. The third-order valence-corrected chi connectivity index (χ3v) is 3.44. The normalized spacial score (nSPS) is 10.4. The lowest BCUT2D eigenvalue weighted by atomic mass is 10.3. The Labute approximate surface area is 146 Å². The number of hydrogen-bond donors (Lipinski definition) is 2. The highest BCUT2D eigenvalue weighted by atomic mass is 19.2. The van der Waals surface area contributed by atoms with E-state index in [0.717, 1.165) is 12.1 Å². The molecule has 2 amide bonds. The van der Waals surface area contributed by atoms with Crippen LogP contribution >= 0.6 is 0 Å². The molecule has 2 aromatic carbocycles. The summed E-state index contributed by atoms with van der Waals surface area (Å²) < 4.78 is 32.7. The second-order valence-electron chi connectivity index (χ2n) is 5.14. The number of benzene rings is 2. The molecule has 0 aliphatic rings. The van der Waals surface area contributed by atoms with Gasteiger partial charge in [0.2, 0.25) is 0 Å². The molecule has 0 atom stereocenters. The summed E-state index contributed by atoms with van der Waals surface area (Å²) in [5, 5.41) is 16.2. The summed E-state index contributed by atoms with van der Waals surface area (Å²) in [7, 11) is 1.55. The predicted octanol–water partition coefficient (Wildman–Crippen LogP) is 2.27. The minimum absolute atomic E-state index is 0.0199. The quantitative estimate of drug-likeness (QED) is 0.728. The minimum Gasteiger partial charge on any atom is -0.497 e. The molecule has 2 N–H and O–H groups in total. The molecule has 26 heavy (non-hydrogen) atoms. The molecule has 134 valence electrons. The van der Waals surface area contributed by atoms with Gasteiger partial charge in [-0.1, -0.05) is 0 Å². The first-order valence-corrected chi connectivity index (χ1v) is 7.48. The van der Waals surface area contributed by atoms with Crippen LogP contribution in [0.5, 0.6) is 5.75 Å². The van der Waals surface area contributed by atoms with E-state index in [1.54, 1.807) is 31.4 Å². The van der Waals surface area contributed by atoms with Crippen molar-refractivity contribution >= 4 is 11.7 Å². The number of nitrogens with one attached hydrogen (secondary N) is 2. The number of nitrogens with zero attached hydrogens (tertiary/aromatic N) is 4. The van der Waals surface area contributed by atoms with Crippen LogP contribution in [0.4, 0.5) is 19.3 Å². The second-order valence-corrected chi connectivity index (χ2v) is 5.14. The average Bonchev–Trinajstić information content (AvgIpc) is 3.11. The van der Waals surface area contributed by atoms with Gasteiger partial charge in [0.1, 0.15) is 5.75 Å². The topological polar surface area (TPSA) is 94.0 Å². The summed E-state index contributed by atoms with van der Waals surface area (Å²) in [6, 6.07) is 9.57. The number of tetrazole rings is 1. The fourth-order valence-corrected chi connectivity index (χ4v) is 2.14. The fraction of sp³-hybridized carbons (Fsp3) is 0.125. The van der Waals surface area contributed by atoms with Crippen LogP contribution in [0.15, 0.2) is 42.5 Å². The van der Waals surface area contributed by atoms with Gasteiger partial charge >= 0.3 is 6.03 Å². The van der Waals surface area contributed by atoms with E-state index in [9.17, 15) is 13.6 Å². The molecule has 10 heteroatoms. The molecule has 1 heterocycles. The van der Waals surface area contributed by atoms with Crippen molar-refractivity contribution in [2.24, 2.45) is 0 Å². The van der Waals surface area contributed by atoms with Crippen molar-refractivity contribution in [3.8, 4) is 11.4 Å². The molecule has 1 aromatic heterocycles. The fourth-order valence-electron chi connectivity index (χ4n) is 2.14. The molecule has 0 bridgehead atoms. The molecule has 8 nitrogen and oxygen atoms in total. The maximum absolute atomic E-state index is 13.4. The van der Waals surface area contributed by atoms with Crippen molar-refractivity contribution in [3.63, 3.8) is 0 Å². The standard InChI is InChI=1S/C16H14F2N6O2/c1-26-12-5-2-10(3-6-12)20-16(25)19-9-15-21-22-23-24(15)11-4-7-13(17)14(18)8-11/h2-8H,9H2,1H3,(H2,19,20,25). The Morgan fingerprint density at radius 2 is 1.92 bits per heavy atom. The third kappa shape index (κ3) is 3.91. The third-order valence-electron chi connectivity index (χ3n) is 3.44. The number of carbonyl (C=O) groups is 1. The van der Waals surface area contributed by atoms with Crippen molar-refractivity contribution < 1.29 is 18.3 Å². The number of ether oxygens (including phenoxy) is 1. The maximum Gasteiger partial charge on any atom is 0.319 e. The molecule has 0 spiro atoms. The Morgan fingerprint density at radius 3 is 2.62 bits per heavy atom. The molecule has 3 rings (SSSR count). The van der Waals surface area contributed by atoms with Crippen LogP contribution in [0, 0.1) is 11.6 Å². The van der Waals surface area contributed by atoms with Gasteiger partial charge in [0.05, 0.1) is 19.3 Å². The van der Waals surface area contributed by atoms with Gasteiger partial charge in [-0.3, -0.25) is 0 Å². The van der Waals surface area contributed by atoms with Crippen molar-refractivity contribution in [3.05, 3.63) is 59.9 Å². The molecule has 0 saturated heterocycles. The Bertz CT molecular complexity index is 913. The zero-order chi connectivity index (χ0) is 18.5. The van der Waals surface area contributed by atoms with Crippen LogP contribution in [-0.4, -0.2) is 33.3 Å². The highest BCUT2D eigenvalue weighted by molar-refractivity contribution is 5.89. The summed E-state index contributed by atoms with van der Waals surface area (Å²) in [5.41, 5.74) is 0.810. The van der Waals surface area contributed by atoms with Crippen LogP contribution in [0.1, 0.15) is 5.82 Å². The van der Waals surface area contributed by atoms with Crippen LogP contribution in [0.2, 0.25) is 0 Å². The number of aromatic nitrogens is 4. The molecule has 3 aromatic rings. The number of carbonyl (C=O) groups excluding carboxylic acids is 1. The molecule has 0 unspecified atom stereocenters. The Balaban J connectivity index is 1.63. The number of amides is 2. The number of halogens is 2. The van der Waals surface area contributed by atoms with Gasteiger partial charge in [-0.15, -0.1) is 5.10 Å². The van der Waals surface area contributed by atoms with Gasteiger partial charge in [0.25, 0.3) is 0 Å². The van der Waals surface area contributed by atoms with Gasteiger partial charge < -0.3 is 15.4 Å². The van der Waals surface area contributed by atoms with E-state index < -0.39 is 17.7 Å². The van der Waals surface area contributed by atoms with Crippen molar-refractivity contribution in [1.29, 1.82) is 0 Å². The van der Waals surface area contributed by atoms with E-state index in [0.29, 0.717) is 11.4 Å². The molecule has 0 aliphatic carbocycles. The molecule has 0 saturated carbocycles. The summed E-state index contributed by atoms with van der Waals surface area (Å²) in [6.07, 6.45) is 0. The first-order chi connectivity index (χ1) is 12.6. The number of anilines is 1. The Kier molecular flexibility index (Phi) is 5.02. The smallest absolute Gasteiger partial charge is 0.319 e. The number of rotatable bonds is 5. The van der Waals surface area contributed by atoms with Crippen molar-refractivity contribution in [2.75, 3.05) is 12.4 Å². The predicted molar refractivity (Wildman–Crippen MR) is 87.9 cm³/mol. The van der Waals surface area contributed by atoms with Gasteiger partial charge in [0, 0.05) is 11.8 Å². The zero-order valence-electron chi connectivity index (χ0n) is 13.6. The number of urea groups is 1. The van der Waals surface area contributed by atoms with Gasteiger partial charge in [0.15, 0.2) is 17.5 Å². The van der Waals surface area contributed by atoms with Crippen molar-refractivity contribution in [1.82, 2.24) is 25.5 Å². The lowest BCUT2D eigenvalue weighted by Gasteiger charge is -2.09. The van der Waals surface area contributed by atoms with E-state index in [2.05, 4.69) is 26.2 Å². The van der Waals surface area contributed by atoms with Crippen LogP contribution in [0.25, 0.3) is 5.69 Å². The largest absolute Gasteiger partial charge is 0.497 e. The monoisotopic (exact) mass is 360 g/mol. The first kappa shape index (κ1) is 17.3. The minimum atomic E-state index is -1.02. The van der Waals surface area contributed by atoms with E-state index in [1.165, 1.54) is 10.7 Å². The van der Waals surface area contributed by atoms with Gasteiger partial charge in [-0.25, -0.2) is 13.6 Å². The van der Waals surface area contributed by atoms with E-state index in [4.69, 9.17) is 4.74 Å². The van der Waals surface area contributed by atoms with E-state index in [1.807, 2.05) is 0 Å². The Hall–Kier alpha value is -3.56. The highest BCUT2D eigenvalue weighted by Crippen LogP contribution is 2.15. The highest BCUT2D eigenvalue weighted by Gasteiger charge is 2.12. The van der Waals surface area contributed by atoms with Crippen LogP contribution < -0.4 is 15.4 Å². The summed E-state index contributed by atoms with van der Waals surface area (Å²) in [5.74, 6) is -1.07. The van der Waals surface area contributed by atoms with Gasteiger partial charge in [-0.05, 0) is 46.8 Å². The molecule has 0 fully saturated rings. The Morgan fingerprint density at radius 1 is 1.15 bits per heavy atom. The summed E-state index contributed by atoms with van der Waals surface area (Å²) >= 11 is 0. The molecule has 0 aliphatic heterocycles. The first-order valence-electron chi connectivity index (χ1n) is 7.48. The molecule has 0 radical (unpaired) electrons. The van der Waals surface area contributed by atoms with Crippen LogP contribution in [0.3, 0.4) is 0 Å². The van der Waals surface area contributed by atoms with Crippen LogP contribution in [-0.2, 0) is 6.54 Å². The maximum atomic E-state index is 13.4. The molecular weight excluding hydrogens is 346 g/mol. The summed E-state index contributed by atoms with van der Waals surface area (Å²) in [4.78, 5) is 12.0. The lowest BCUT2D eigenvalue weighted by Crippen LogP contribution is -2.29. The molecular formula is C16H14F2N6O2. The van der Waals surface area contributed by atoms with Crippen molar-refractivity contribution in [2.45, 2.75) is 6.54 Å². The second kappa shape index (κ2) is 7.55.